The number of nitrogens with one attached hydrogen (secondary N) is 1. The van der Waals surface area contributed by atoms with Crippen LogP contribution in [0.4, 0.5) is 0 Å². The molecule has 0 bridgehead atoms. The summed E-state index contributed by atoms with van der Waals surface area (Å²) >= 11 is 0. The van der Waals surface area contributed by atoms with Crippen molar-refractivity contribution in [3.63, 3.8) is 0 Å². The van der Waals surface area contributed by atoms with Crippen LogP contribution >= 0.6 is 12.4 Å². The van der Waals surface area contributed by atoms with E-state index in [1.165, 1.54) is 29.8 Å². The number of aliphatic hydroxyl groups is 1. The molecule has 0 unspecified atom stereocenters. The number of H-pyrrole nitrogens is 1. The summed E-state index contributed by atoms with van der Waals surface area (Å²) in [4.78, 5) is 14.6. The maximum atomic E-state index is 12.7. The normalized spacial score (nSPS) is 30.5. The number of carbonyl (C=O) groups excluding carboxylic acids is 1. The molecule has 4 rings (SSSR count). The van der Waals surface area contributed by atoms with E-state index in [4.69, 9.17) is 5.73 Å². The van der Waals surface area contributed by atoms with Crippen LogP contribution in [-0.4, -0.2) is 51.3 Å². The van der Waals surface area contributed by atoms with Crippen molar-refractivity contribution in [1.29, 1.82) is 0 Å². The van der Waals surface area contributed by atoms with Crippen LogP contribution in [0.25, 0.3) is 0 Å². The van der Waals surface area contributed by atoms with Crippen molar-refractivity contribution in [3.8, 4) is 0 Å². The lowest BCUT2D eigenvalue weighted by Crippen LogP contribution is -2.37. The van der Waals surface area contributed by atoms with Crippen molar-refractivity contribution in [3.05, 3.63) is 17.0 Å². The van der Waals surface area contributed by atoms with Crippen molar-refractivity contribution < 1.29 is 9.90 Å². The molecule has 3 aliphatic rings. The van der Waals surface area contributed by atoms with E-state index in [0.29, 0.717) is 18.8 Å². The third-order valence-corrected chi connectivity index (χ3v) is 5.45. The van der Waals surface area contributed by atoms with Gasteiger partial charge in [-0.05, 0) is 37.7 Å². The molecule has 128 valence electrons. The molecular formula is C16H25ClN4O2. The zero-order valence-corrected chi connectivity index (χ0v) is 14.0. The van der Waals surface area contributed by atoms with E-state index in [1.54, 1.807) is 0 Å². The lowest BCUT2D eigenvalue weighted by atomic mass is 10.1. The Labute approximate surface area is 142 Å². The van der Waals surface area contributed by atoms with Gasteiger partial charge >= 0.3 is 0 Å². The van der Waals surface area contributed by atoms with Gasteiger partial charge in [-0.25, -0.2) is 0 Å². The first-order valence-electron chi connectivity index (χ1n) is 8.42. The first kappa shape index (κ1) is 16.7. The summed E-state index contributed by atoms with van der Waals surface area (Å²) in [7, 11) is 0. The summed E-state index contributed by atoms with van der Waals surface area (Å²) in [5, 5.41) is 17.4. The molecule has 1 aliphatic heterocycles. The largest absolute Gasteiger partial charge is 0.391 e. The fourth-order valence-electron chi connectivity index (χ4n) is 3.93. The zero-order valence-electron chi connectivity index (χ0n) is 13.2. The van der Waals surface area contributed by atoms with Gasteiger partial charge in [0.15, 0.2) is 0 Å². The fraction of sp³-hybridized carbons (Fsp3) is 0.750. The highest BCUT2D eigenvalue weighted by Gasteiger charge is 2.38. The van der Waals surface area contributed by atoms with E-state index in [0.717, 1.165) is 25.9 Å². The Morgan fingerprint density at radius 2 is 2.00 bits per heavy atom. The third kappa shape index (κ3) is 3.12. The van der Waals surface area contributed by atoms with Crippen LogP contribution in [-0.2, 0) is 17.6 Å². The zero-order chi connectivity index (χ0) is 15.3. The molecule has 1 amide bonds. The number of aromatic amines is 1. The number of hydrogen-bond acceptors (Lipinski definition) is 4. The number of aromatic nitrogens is 2. The number of fused-ring (bicyclic) bond motifs is 1. The maximum absolute atomic E-state index is 12.7. The predicted octanol–water partition coefficient (Wildman–Crippen LogP) is 0.734. The number of amides is 1. The second-order valence-electron chi connectivity index (χ2n) is 7.07. The van der Waals surface area contributed by atoms with Crippen molar-refractivity contribution in [2.75, 3.05) is 13.1 Å². The van der Waals surface area contributed by atoms with Crippen LogP contribution in [0.15, 0.2) is 0 Å². The monoisotopic (exact) mass is 340 g/mol. The van der Waals surface area contributed by atoms with Gasteiger partial charge in [0.1, 0.15) is 0 Å². The summed E-state index contributed by atoms with van der Waals surface area (Å²) in [5.41, 5.74) is 9.64. The van der Waals surface area contributed by atoms with Crippen LogP contribution in [0, 0.1) is 5.92 Å². The molecule has 1 aromatic heterocycles. The van der Waals surface area contributed by atoms with Gasteiger partial charge in [0.05, 0.1) is 11.8 Å². The van der Waals surface area contributed by atoms with Crippen LogP contribution in [0.3, 0.4) is 0 Å². The van der Waals surface area contributed by atoms with Crippen molar-refractivity contribution >= 4 is 18.3 Å². The number of aliphatic hydroxyl groups excluding tert-OH is 1. The Morgan fingerprint density at radius 3 is 2.65 bits per heavy atom. The van der Waals surface area contributed by atoms with E-state index in [2.05, 4.69) is 10.2 Å². The number of carbonyl (C=O) groups is 1. The average Bonchev–Trinajstić information content (AvgIpc) is 3.24. The van der Waals surface area contributed by atoms with E-state index in [-0.39, 0.29) is 30.3 Å². The SMILES string of the molecule is Cl.N[C@@H]1C[C@H](C(=O)N2CCc3[nH]nc(C4CC4)c3CC2)C[C@H]1O. The van der Waals surface area contributed by atoms with E-state index < -0.39 is 6.10 Å². The van der Waals surface area contributed by atoms with E-state index in [1.807, 2.05) is 4.90 Å². The second-order valence-corrected chi connectivity index (χ2v) is 7.07. The number of rotatable bonds is 2. The Hall–Kier alpha value is -1.11. The van der Waals surface area contributed by atoms with Gasteiger partial charge in [-0.15, -0.1) is 12.4 Å². The first-order chi connectivity index (χ1) is 10.6. The van der Waals surface area contributed by atoms with E-state index in [9.17, 15) is 9.90 Å². The fourth-order valence-corrected chi connectivity index (χ4v) is 3.93. The highest BCUT2D eigenvalue weighted by Crippen LogP contribution is 2.41. The molecule has 2 heterocycles. The molecule has 23 heavy (non-hydrogen) atoms. The summed E-state index contributed by atoms with van der Waals surface area (Å²) in [5.74, 6) is 0.700. The Kier molecular flexibility index (Phi) is 4.67. The van der Waals surface area contributed by atoms with Gasteiger partial charge in [-0.1, -0.05) is 0 Å². The van der Waals surface area contributed by atoms with Gasteiger partial charge in [-0.3, -0.25) is 9.89 Å². The molecule has 0 radical (unpaired) electrons. The standard InChI is InChI=1S/C16H24N4O2.ClH/c17-12-7-10(8-14(12)21)16(22)20-5-3-11-13(4-6-20)18-19-15(11)9-1-2-9;/h9-10,12,14,21H,1-8,17H2,(H,18,19);1H/t10-,12+,14+;/m0./s1. The summed E-state index contributed by atoms with van der Waals surface area (Å²) in [6, 6.07) is -0.251. The lowest BCUT2D eigenvalue weighted by molar-refractivity contribution is -0.135. The third-order valence-electron chi connectivity index (χ3n) is 5.45. The molecule has 0 saturated heterocycles. The van der Waals surface area contributed by atoms with Gasteiger partial charge in [0.25, 0.3) is 0 Å². The van der Waals surface area contributed by atoms with Crippen LogP contribution < -0.4 is 5.73 Å². The number of halogens is 1. The molecule has 7 heteroatoms. The first-order valence-corrected chi connectivity index (χ1v) is 8.42. The molecular weight excluding hydrogens is 316 g/mol. The molecule has 0 spiro atoms. The highest BCUT2D eigenvalue weighted by atomic mass is 35.5. The average molecular weight is 341 g/mol. The minimum atomic E-state index is -0.528. The minimum Gasteiger partial charge on any atom is -0.391 e. The topological polar surface area (TPSA) is 95.2 Å². The quantitative estimate of drug-likeness (QED) is 0.739. The Bertz CT molecular complexity index is 577. The van der Waals surface area contributed by atoms with Crippen molar-refractivity contribution in [1.82, 2.24) is 15.1 Å². The van der Waals surface area contributed by atoms with Crippen LogP contribution in [0.1, 0.15) is 48.6 Å². The predicted molar refractivity (Wildman–Crippen MR) is 88.5 cm³/mol. The Balaban J connectivity index is 0.00000156. The van der Waals surface area contributed by atoms with Gasteiger partial charge in [0, 0.05) is 43.1 Å². The molecule has 0 aromatic carbocycles. The second kappa shape index (κ2) is 6.42. The summed E-state index contributed by atoms with van der Waals surface area (Å²) < 4.78 is 0. The number of nitrogens with two attached hydrogens (primary N) is 1. The highest BCUT2D eigenvalue weighted by molar-refractivity contribution is 5.85. The number of hydrogen-bond donors (Lipinski definition) is 3. The van der Waals surface area contributed by atoms with Gasteiger partial charge in [-0.2, -0.15) is 5.10 Å². The van der Waals surface area contributed by atoms with Crippen molar-refractivity contribution in [2.45, 2.75) is 56.6 Å². The van der Waals surface area contributed by atoms with Crippen LogP contribution in [0.2, 0.25) is 0 Å². The molecule has 4 N–H and O–H groups in total. The molecule has 2 saturated carbocycles. The maximum Gasteiger partial charge on any atom is 0.225 e. The van der Waals surface area contributed by atoms with Gasteiger partial charge in [0.2, 0.25) is 5.91 Å². The van der Waals surface area contributed by atoms with Crippen LogP contribution in [0.5, 0.6) is 0 Å². The molecule has 3 atom stereocenters. The minimum absolute atomic E-state index is 0. The smallest absolute Gasteiger partial charge is 0.225 e. The molecule has 6 nitrogen and oxygen atoms in total. The molecule has 1 aromatic rings. The molecule has 2 fully saturated rings. The van der Waals surface area contributed by atoms with Crippen molar-refractivity contribution in [2.24, 2.45) is 11.7 Å². The molecule has 2 aliphatic carbocycles. The van der Waals surface area contributed by atoms with Gasteiger partial charge < -0.3 is 15.7 Å². The summed E-state index contributed by atoms with van der Waals surface area (Å²) in [6.07, 6.45) is 4.83. The number of nitrogens with zero attached hydrogens (tertiary/aromatic N) is 2. The summed E-state index contributed by atoms with van der Waals surface area (Å²) in [6.45, 7) is 1.49. The Morgan fingerprint density at radius 1 is 1.26 bits per heavy atom. The van der Waals surface area contributed by atoms with E-state index >= 15 is 0 Å². The lowest BCUT2D eigenvalue weighted by Gasteiger charge is -2.23.